The average molecular weight is 298 g/mol. The normalized spacial score (nSPS) is 10.8. The minimum Gasteiger partial charge on any atom is -0.352 e. The van der Waals surface area contributed by atoms with E-state index in [2.05, 4.69) is 15.6 Å². The van der Waals surface area contributed by atoms with E-state index in [0.717, 1.165) is 11.1 Å². The quantitative estimate of drug-likeness (QED) is 0.804. The number of carbonyl (C=O) groups is 1. The molecule has 2 aromatic carbocycles. The summed E-state index contributed by atoms with van der Waals surface area (Å²) in [4.78, 5) is 11.8. The van der Waals surface area contributed by atoms with Crippen molar-refractivity contribution < 1.29 is 9.18 Å². The minimum absolute atomic E-state index is 0.127. The van der Waals surface area contributed by atoms with Gasteiger partial charge in [0.25, 0.3) is 5.91 Å². The van der Waals surface area contributed by atoms with Crippen molar-refractivity contribution in [3.8, 4) is 0 Å². The molecule has 1 N–H and O–H groups in total. The van der Waals surface area contributed by atoms with E-state index in [1.54, 1.807) is 28.9 Å². The molecule has 22 heavy (non-hydrogen) atoms. The van der Waals surface area contributed by atoms with Crippen molar-refractivity contribution in [3.63, 3.8) is 0 Å². The van der Waals surface area contributed by atoms with Gasteiger partial charge < -0.3 is 5.32 Å². The number of aromatic nitrogens is 3. The topological polar surface area (TPSA) is 59.8 Å². The molecule has 112 valence electrons. The van der Waals surface area contributed by atoms with Gasteiger partial charge in [0, 0.05) is 12.1 Å². The number of halogens is 1. The monoisotopic (exact) mass is 298 g/mol. The number of benzene rings is 2. The van der Waals surface area contributed by atoms with E-state index in [0.29, 0.717) is 24.2 Å². The highest BCUT2D eigenvalue weighted by Gasteiger charge is 2.10. The summed E-state index contributed by atoms with van der Waals surface area (Å²) >= 11 is 0. The molecule has 5 nitrogen and oxygen atoms in total. The third-order valence-corrected chi connectivity index (χ3v) is 3.36. The van der Waals surface area contributed by atoms with Gasteiger partial charge in [-0.05, 0) is 42.8 Å². The molecule has 6 heteroatoms. The van der Waals surface area contributed by atoms with Gasteiger partial charge in [-0.15, -0.1) is 5.10 Å². The molecule has 0 radical (unpaired) electrons. The van der Waals surface area contributed by atoms with Gasteiger partial charge in [0.2, 0.25) is 0 Å². The summed E-state index contributed by atoms with van der Waals surface area (Å²) in [5, 5.41) is 10.9. The largest absolute Gasteiger partial charge is 0.352 e. The van der Waals surface area contributed by atoms with Gasteiger partial charge in [-0.25, -0.2) is 9.07 Å². The SMILES string of the molecule is CCNC(=O)c1ccc2c(c1)nnn2Cc1ccc(F)cc1. The second-order valence-electron chi connectivity index (χ2n) is 4.94. The lowest BCUT2D eigenvalue weighted by Gasteiger charge is -2.04. The van der Waals surface area contributed by atoms with Crippen molar-refractivity contribution in [3.05, 3.63) is 59.4 Å². The van der Waals surface area contributed by atoms with Crippen LogP contribution in [0.15, 0.2) is 42.5 Å². The van der Waals surface area contributed by atoms with Gasteiger partial charge in [0.1, 0.15) is 11.3 Å². The smallest absolute Gasteiger partial charge is 0.251 e. The molecule has 0 saturated carbocycles. The lowest BCUT2D eigenvalue weighted by molar-refractivity contribution is 0.0956. The first-order valence-electron chi connectivity index (χ1n) is 7.03. The van der Waals surface area contributed by atoms with Crippen LogP contribution in [-0.4, -0.2) is 27.4 Å². The first-order chi connectivity index (χ1) is 10.7. The Morgan fingerprint density at radius 1 is 1.23 bits per heavy atom. The number of fused-ring (bicyclic) bond motifs is 1. The summed E-state index contributed by atoms with van der Waals surface area (Å²) in [6.07, 6.45) is 0. The van der Waals surface area contributed by atoms with Crippen LogP contribution in [0.1, 0.15) is 22.8 Å². The van der Waals surface area contributed by atoms with E-state index in [9.17, 15) is 9.18 Å². The number of hydrogen-bond donors (Lipinski definition) is 1. The van der Waals surface area contributed by atoms with Crippen molar-refractivity contribution in [2.75, 3.05) is 6.54 Å². The van der Waals surface area contributed by atoms with E-state index < -0.39 is 0 Å². The van der Waals surface area contributed by atoms with Crippen LogP contribution >= 0.6 is 0 Å². The third kappa shape index (κ3) is 2.81. The molecule has 0 spiro atoms. The fourth-order valence-corrected chi connectivity index (χ4v) is 2.26. The number of hydrogen-bond acceptors (Lipinski definition) is 3. The molecule has 0 fully saturated rings. The molecule has 3 rings (SSSR count). The van der Waals surface area contributed by atoms with Crippen LogP contribution in [0.4, 0.5) is 4.39 Å². The summed E-state index contributed by atoms with van der Waals surface area (Å²) in [6.45, 7) is 2.95. The van der Waals surface area contributed by atoms with Crippen molar-refractivity contribution in [1.29, 1.82) is 0 Å². The molecule has 0 unspecified atom stereocenters. The van der Waals surface area contributed by atoms with Crippen molar-refractivity contribution in [1.82, 2.24) is 20.3 Å². The Balaban J connectivity index is 1.89. The maximum absolute atomic E-state index is 12.9. The molecule has 1 heterocycles. The van der Waals surface area contributed by atoms with Crippen molar-refractivity contribution >= 4 is 16.9 Å². The fourth-order valence-electron chi connectivity index (χ4n) is 2.26. The number of nitrogens with zero attached hydrogens (tertiary/aromatic N) is 3. The predicted octanol–water partition coefficient (Wildman–Crippen LogP) is 2.37. The van der Waals surface area contributed by atoms with Gasteiger partial charge >= 0.3 is 0 Å². The Labute approximate surface area is 126 Å². The van der Waals surface area contributed by atoms with Gasteiger partial charge in [0.05, 0.1) is 12.1 Å². The Bertz CT molecular complexity index is 811. The van der Waals surface area contributed by atoms with Crippen molar-refractivity contribution in [2.45, 2.75) is 13.5 Å². The van der Waals surface area contributed by atoms with E-state index in [4.69, 9.17) is 0 Å². The van der Waals surface area contributed by atoms with E-state index in [-0.39, 0.29) is 11.7 Å². The molecule has 0 aliphatic rings. The van der Waals surface area contributed by atoms with E-state index in [1.807, 2.05) is 13.0 Å². The predicted molar refractivity (Wildman–Crippen MR) is 81.0 cm³/mol. The van der Waals surface area contributed by atoms with E-state index in [1.165, 1.54) is 12.1 Å². The van der Waals surface area contributed by atoms with Gasteiger partial charge in [-0.2, -0.15) is 0 Å². The summed E-state index contributed by atoms with van der Waals surface area (Å²) in [7, 11) is 0. The third-order valence-electron chi connectivity index (χ3n) is 3.36. The lowest BCUT2D eigenvalue weighted by Crippen LogP contribution is -2.22. The Kier molecular flexibility index (Phi) is 3.82. The summed E-state index contributed by atoms with van der Waals surface area (Å²) in [5.41, 5.74) is 2.98. The molecular formula is C16H15FN4O. The standard InChI is InChI=1S/C16H15FN4O/c1-2-18-16(22)12-5-8-15-14(9-12)19-20-21(15)10-11-3-6-13(17)7-4-11/h3-9H,2,10H2,1H3,(H,18,22). The molecule has 1 amide bonds. The lowest BCUT2D eigenvalue weighted by atomic mass is 10.1. The molecule has 0 atom stereocenters. The highest BCUT2D eigenvalue weighted by molar-refractivity contribution is 5.97. The molecule has 0 aliphatic heterocycles. The zero-order chi connectivity index (χ0) is 15.5. The van der Waals surface area contributed by atoms with Crippen LogP contribution in [0, 0.1) is 5.82 Å². The zero-order valence-corrected chi connectivity index (χ0v) is 12.1. The molecule has 0 saturated heterocycles. The first-order valence-corrected chi connectivity index (χ1v) is 7.03. The van der Waals surface area contributed by atoms with E-state index >= 15 is 0 Å². The highest BCUT2D eigenvalue weighted by Crippen LogP contribution is 2.15. The highest BCUT2D eigenvalue weighted by atomic mass is 19.1. The first kappa shape index (κ1) is 14.2. The molecular weight excluding hydrogens is 283 g/mol. The van der Waals surface area contributed by atoms with Crippen LogP contribution in [0.3, 0.4) is 0 Å². The minimum atomic E-state index is -0.265. The van der Waals surface area contributed by atoms with Crippen LogP contribution in [0.25, 0.3) is 11.0 Å². The maximum Gasteiger partial charge on any atom is 0.251 e. The second-order valence-corrected chi connectivity index (χ2v) is 4.94. The van der Waals surface area contributed by atoms with Crippen LogP contribution in [0.5, 0.6) is 0 Å². The molecule has 0 aliphatic carbocycles. The number of carbonyl (C=O) groups excluding carboxylic acids is 1. The zero-order valence-electron chi connectivity index (χ0n) is 12.1. The number of rotatable bonds is 4. The van der Waals surface area contributed by atoms with Gasteiger partial charge in [-0.1, -0.05) is 17.3 Å². The van der Waals surface area contributed by atoms with Gasteiger partial charge in [0.15, 0.2) is 0 Å². The van der Waals surface area contributed by atoms with Crippen LogP contribution < -0.4 is 5.32 Å². The maximum atomic E-state index is 12.9. The molecule has 3 aromatic rings. The summed E-state index contributed by atoms with van der Waals surface area (Å²) < 4.78 is 14.7. The van der Waals surface area contributed by atoms with Gasteiger partial charge in [-0.3, -0.25) is 4.79 Å². The second kappa shape index (κ2) is 5.93. The molecule has 0 bridgehead atoms. The Morgan fingerprint density at radius 2 is 2.00 bits per heavy atom. The van der Waals surface area contributed by atoms with Crippen LogP contribution in [-0.2, 0) is 6.54 Å². The Morgan fingerprint density at radius 3 is 2.73 bits per heavy atom. The molecule has 1 aromatic heterocycles. The van der Waals surface area contributed by atoms with Crippen molar-refractivity contribution in [2.24, 2.45) is 0 Å². The Hall–Kier alpha value is -2.76. The number of amides is 1. The summed E-state index contributed by atoms with van der Waals surface area (Å²) in [6, 6.07) is 11.6. The average Bonchev–Trinajstić information content (AvgIpc) is 2.92. The summed E-state index contributed by atoms with van der Waals surface area (Å²) in [5.74, 6) is -0.392. The fraction of sp³-hybridized carbons (Fsp3) is 0.188. The van der Waals surface area contributed by atoms with Crippen LogP contribution in [0.2, 0.25) is 0 Å². The number of nitrogens with one attached hydrogen (secondary N) is 1.